The molecule has 0 N–H and O–H groups in total. The van der Waals surface area contributed by atoms with Crippen molar-refractivity contribution in [2.24, 2.45) is 0 Å². The first-order valence-corrected chi connectivity index (χ1v) is 6.52. The van der Waals surface area contributed by atoms with Crippen molar-refractivity contribution < 1.29 is 9.53 Å². The molecule has 0 spiro atoms. The molecule has 0 unspecified atom stereocenters. The molecule has 100 valence electrons. The van der Waals surface area contributed by atoms with Gasteiger partial charge in [-0.25, -0.2) is 0 Å². The Morgan fingerprint density at radius 3 is 2.28 bits per heavy atom. The summed E-state index contributed by atoms with van der Waals surface area (Å²) >= 11 is 5.70. The lowest BCUT2D eigenvalue weighted by Gasteiger charge is -2.37. The largest absolute Gasteiger partial charge is 0.497 e. The molecule has 0 heterocycles. The van der Waals surface area contributed by atoms with E-state index in [0.29, 0.717) is 0 Å². The van der Waals surface area contributed by atoms with Crippen LogP contribution in [0.5, 0.6) is 5.75 Å². The Balaban J connectivity index is 3.13. The second-order valence-corrected chi connectivity index (χ2v) is 4.99. The van der Waals surface area contributed by atoms with Gasteiger partial charge in [0.05, 0.1) is 7.11 Å². The van der Waals surface area contributed by atoms with Gasteiger partial charge < -0.3 is 9.64 Å². The van der Waals surface area contributed by atoms with E-state index >= 15 is 0 Å². The van der Waals surface area contributed by atoms with Crippen LogP contribution >= 0.6 is 11.6 Å². The van der Waals surface area contributed by atoms with Gasteiger partial charge in [0.25, 0.3) is 0 Å². The van der Waals surface area contributed by atoms with Gasteiger partial charge in [0, 0.05) is 11.2 Å². The molecule has 0 saturated heterocycles. The fraction of sp³-hybridized carbons (Fsp3) is 0.500. The molecule has 0 aromatic heterocycles. The quantitative estimate of drug-likeness (QED) is 0.766. The molecule has 4 heteroatoms. The Labute approximate surface area is 114 Å². The topological polar surface area (TPSA) is 29.5 Å². The molecule has 3 nitrogen and oxygen atoms in total. The number of carbonyl (C=O) groups is 1. The first-order valence-electron chi connectivity index (χ1n) is 5.99. The molecule has 1 rings (SSSR count). The van der Waals surface area contributed by atoms with Gasteiger partial charge in [0.15, 0.2) is 0 Å². The number of benzene rings is 1. The zero-order valence-corrected chi connectivity index (χ0v) is 12.1. The lowest BCUT2D eigenvalue weighted by molar-refractivity contribution is -0.117. The maximum atomic E-state index is 12.0. The van der Waals surface area contributed by atoms with E-state index in [0.717, 1.165) is 17.9 Å². The standard InChI is InChI=1S/C14H20ClNO2/c1-5-14(2,3)16(13(17)10-15)11-6-8-12(18-4)9-7-11/h6-9H,5,10H2,1-4H3. The first-order chi connectivity index (χ1) is 8.46. The van der Waals surface area contributed by atoms with Gasteiger partial charge in [0.2, 0.25) is 5.91 Å². The summed E-state index contributed by atoms with van der Waals surface area (Å²) in [5.74, 6) is 0.662. The van der Waals surface area contributed by atoms with Crippen LogP contribution in [0, 0.1) is 0 Å². The minimum atomic E-state index is -0.263. The highest BCUT2D eigenvalue weighted by molar-refractivity contribution is 6.29. The van der Waals surface area contributed by atoms with Crippen LogP contribution in [0.2, 0.25) is 0 Å². The number of ether oxygens (including phenoxy) is 1. The number of amides is 1. The van der Waals surface area contributed by atoms with Crippen molar-refractivity contribution in [2.75, 3.05) is 17.9 Å². The van der Waals surface area contributed by atoms with E-state index in [4.69, 9.17) is 16.3 Å². The van der Waals surface area contributed by atoms with E-state index in [2.05, 4.69) is 6.92 Å². The molecule has 0 fully saturated rings. The molecule has 18 heavy (non-hydrogen) atoms. The Morgan fingerprint density at radius 2 is 1.89 bits per heavy atom. The van der Waals surface area contributed by atoms with E-state index in [1.807, 2.05) is 38.1 Å². The number of anilines is 1. The zero-order chi connectivity index (χ0) is 13.8. The third kappa shape index (κ3) is 3.16. The van der Waals surface area contributed by atoms with Gasteiger partial charge >= 0.3 is 0 Å². The minimum Gasteiger partial charge on any atom is -0.497 e. The summed E-state index contributed by atoms with van der Waals surface area (Å²) in [6.07, 6.45) is 0.849. The number of alkyl halides is 1. The van der Waals surface area contributed by atoms with E-state index in [1.54, 1.807) is 12.0 Å². The highest BCUT2D eigenvalue weighted by atomic mass is 35.5. The van der Waals surface area contributed by atoms with Crippen molar-refractivity contribution >= 4 is 23.2 Å². The van der Waals surface area contributed by atoms with Crippen LogP contribution < -0.4 is 9.64 Å². The van der Waals surface area contributed by atoms with Gasteiger partial charge in [-0.2, -0.15) is 0 Å². The molecule has 0 bridgehead atoms. The summed E-state index contributed by atoms with van der Waals surface area (Å²) in [5, 5.41) is 0. The van der Waals surface area contributed by atoms with Gasteiger partial charge in [-0.1, -0.05) is 6.92 Å². The van der Waals surface area contributed by atoms with Gasteiger partial charge in [-0.05, 0) is 44.5 Å². The van der Waals surface area contributed by atoms with Crippen LogP contribution in [0.1, 0.15) is 27.2 Å². The number of hydrogen-bond acceptors (Lipinski definition) is 2. The lowest BCUT2D eigenvalue weighted by Crippen LogP contribution is -2.48. The van der Waals surface area contributed by atoms with Gasteiger partial charge in [-0.15, -0.1) is 11.6 Å². The summed E-state index contributed by atoms with van der Waals surface area (Å²) in [5.41, 5.74) is 0.578. The third-order valence-corrected chi connectivity index (χ3v) is 3.39. The normalized spacial score (nSPS) is 11.2. The predicted molar refractivity (Wildman–Crippen MR) is 75.6 cm³/mol. The molecule has 0 saturated carbocycles. The maximum absolute atomic E-state index is 12.0. The van der Waals surface area contributed by atoms with Crippen molar-refractivity contribution in [3.8, 4) is 5.75 Å². The van der Waals surface area contributed by atoms with Gasteiger partial charge in [0.1, 0.15) is 11.6 Å². The van der Waals surface area contributed by atoms with Gasteiger partial charge in [-0.3, -0.25) is 4.79 Å². The van der Waals surface area contributed by atoms with Crippen LogP contribution in [0.15, 0.2) is 24.3 Å². The number of nitrogens with zero attached hydrogens (tertiary/aromatic N) is 1. The summed E-state index contributed by atoms with van der Waals surface area (Å²) in [6, 6.07) is 7.44. The highest BCUT2D eigenvalue weighted by Crippen LogP contribution is 2.28. The zero-order valence-electron chi connectivity index (χ0n) is 11.4. The van der Waals surface area contributed by atoms with Crippen molar-refractivity contribution in [1.82, 2.24) is 0 Å². The number of rotatable bonds is 5. The molecule has 0 radical (unpaired) electrons. The van der Waals surface area contributed by atoms with Crippen LogP contribution in [-0.2, 0) is 4.79 Å². The first kappa shape index (κ1) is 14.8. The van der Waals surface area contributed by atoms with Crippen LogP contribution in [0.3, 0.4) is 0 Å². The fourth-order valence-electron chi connectivity index (χ4n) is 1.78. The summed E-state index contributed by atoms with van der Waals surface area (Å²) < 4.78 is 5.12. The minimum absolute atomic E-state index is 0.0184. The molecule has 0 aliphatic carbocycles. The molecule has 1 aromatic carbocycles. The maximum Gasteiger partial charge on any atom is 0.242 e. The summed E-state index contributed by atoms with van der Waals surface area (Å²) in [6.45, 7) is 6.11. The van der Waals surface area contributed by atoms with Crippen molar-refractivity contribution in [3.63, 3.8) is 0 Å². The fourth-order valence-corrected chi connectivity index (χ4v) is 1.90. The Bertz CT molecular complexity index is 401. The Kier molecular flexibility index (Phi) is 5.03. The summed E-state index contributed by atoms with van der Waals surface area (Å²) in [7, 11) is 1.62. The highest BCUT2D eigenvalue weighted by Gasteiger charge is 2.30. The van der Waals surface area contributed by atoms with Crippen LogP contribution in [0.4, 0.5) is 5.69 Å². The molecule has 1 amide bonds. The predicted octanol–water partition coefficient (Wildman–Crippen LogP) is 3.46. The molecule has 0 aliphatic rings. The number of hydrogen-bond donors (Lipinski definition) is 0. The summed E-state index contributed by atoms with van der Waals surface area (Å²) in [4.78, 5) is 13.8. The second-order valence-electron chi connectivity index (χ2n) is 4.73. The number of carbonyl (C=O) groups excluding carboxylic acids is 1. The van der Waals surface area contributed by atoms with E-state index in [-0.39, 0.29) is 17.3 Å². The number of halogens is 1. The van der Waals surface area contributed by atoms with Crippen molar-refractivity contribution in [3.05, 3.63) is 24.3 Å². The molecule has 1 aromatic rings. The average molecular weight is 270 g/mol. The monoisotopic (exact) mass is 269 g/mol. The van der Waals surface area contributed by atoms with E-state index in [1.165, 1.54) is 0 Å². The van der Waals surface area contributed by atoms with E-state index < -0.39 is 0 Å². The molecule has 0 aliphatic heterocycles. The van der Waals surface area contributed by atoms with Crippen LogP contribution in [0.25, 0.3) is 0 Å². The Hall–Kier alpha value is -1.22. The van der Waals surface area contributed by atoms with Crippen LogP contribution in [-0.4, -0.2) is 24.4 Å². The third-order valence-electron chi connectivity index (χ3n) is 3.16. The van der Waals surface area contributed by atoms with Crippen molar-refractivity contribution in [2.45, 2.75) is 32.7 Å². The van der Waals surface area contributed by atoms with Crippen molar-refractivity contribution in [1.29, 1.82) is 0 Å². The molecular formula is C14H20ClNO2. The molecular weight excluding hydrogens is 250 g/mol. The Morgan fingerprint density at radius 1 is 1.33 bits per heavy atom. The van der Waals surface area contributed by atoms with E-state index in [9.17, 15) is 4.79 Å². The average Bonchev–Trinajstić information content (AvgIpc) is 2.39. The second kappa shape index (κ2) is 6.10. The molecule has 0 atom stereocenters. The smallest absolute Gasteiger partial charge is 0.242 e. The SMILES string of the molecule is CCC(C)(C)N(C(=O)CCl)c1ccc(OC)cc1. The number of methoxy groups -OCH3 is 1. The lowest BCUT2D eigenvalue weighted by atomic mass is 9.98.